The zero-order valence-corrected chi connectivity index (χ0v) is 17.9. The molecule has 1 aliphatic rings. The van der Waals surface area contributed by atoms with Crippen LogP contribution in [0.5, 0.6) is 5.75 Å². The lowest BCUT2D eigenvalue weighted by molar-refractivity contribution is -0.115. The molecule has 1 aliphatic heterocycles. The van der Waals surface area contributed by atoms with Gasteiger partial charge in [-0.2, -0.15) is 0 Å². The summed E-state index contributed by atoms with van der Waals surface area (Å²) in [5, 5.41) is 3.06. The Bertz CT molecular complexity index is 1320. The number of hydrogen-bond donors (Lipinski definition) is 2. The van der Waals surface area contributed by atoms with Crippen LogP contribution in [0.3, 0.4) is 0 Å². The second kappa shape index (κ2) is 8.77. The number of nitrogens with one attached hydrogen (secondary N) is 2. The molecule has 158 valence electrons. The Morgan fingerprint density at radius 1 is 0.844 bits per heavy atom. The Kier molecular flexibility index (Phi) is 5.52. The highest BCUT2D eigenvalue weighted by Crippen LogP contribution is 2.37. The van der Waals surface area contributed by atoms with Crippen molar-refractivity contribution in [1.82, 2.24) is 10.3 Å². The summed E-state index contributed by atoms with van der Waals surface area (Å²) >= 11 is 0.958. The Labute approximate surface area is 189 Å². The second-order valence-electron chi connectivity index (χ2n) is 7.49. The van der Waals surface area contributed by atoms with E-state index in [9.17, 15) is 9.59 Å². The second-order valence-corrected chi connectivity index (χ2v) is 8.48. The summed E-state index contributed by atoms with van der Waals surface area (Å²) < 4.78 is 5.88. The lowest BCUT2D eigenvalue weighted by Gasteiger charge is -2.11. The average Bonchev–Trinajstić information content (AvgIpc) is 3.40. The van der Waals surface area contributed by atoms with Gasteiger partial charge in [0.05, 0.1) is 4.91 Å². The van der Waals surface area contributed by atoms with Crippen molar-refractivity contribution < 1.29 is 14.3 Å². The van der Waals surface area contributed by atoms with Gasteiger partial charge in [-0.1, -0.05) is 60.7 Å². The molecular weight excluding hydrogens is 420 g/mol. The molecule has 1 fully saturated rings. The van der Waals surface area contributed by atoms with Crippen molar-refractivity contribution in [2.45, 2.75) is 13.0 Å². The molecule has 0 bridgehead atoms. The number of para-hydroxylation sites is 1. The van der Waals surface area contributed by atoms with Crippen LogP contribution in [-0.4, -0.2) is 16.1 Å². The van der Waals surface area contributed by atoms with Crippen LogP contribution in [0.15, 0.2) is 90.0 Å². The molecule has 1 aromatic heterocycles. The van der Waals surface area contributed by atoms with Crippen LogP contribution in [0.1, 0.15) is 16.7 Å². The maximum Gasteiger partial charge on any atom is 0.290 e. The summed E-state index contributed by atoms with van der Waals surface area (Å²) in [6.07, 6.45) is 2.42. The van der Waals surface area contributed by atoms with E-state index in [1.807, 2.05) is 85.1 Å². The van der Waals surface area contributed by atoms with Crippen LogP contribution < -0.4 is 10.1 Å². The SMILES string of the molecule is O=C1NC(=O)C(=C(Cc2ccc(OCc3ccccc3)cc2)c2c[nH]c3ccccc23)S1. The molecule has 1 saturated heterocycles. The van der Waals surface area contributed by atoms with E-state index < -0.39 is 0 Å². The van der Waals surface area contributed by atoms with Crippen molar-refractivity contribution in [1.29, 1.82) is 0 Å². The van der Waals surface area contributed by atoms with Gasteiger partial charge in [-0.25, -0.2) is 0 Å². The summed E-state index contributed by atoms with van der Waals surface area (Å²) in [6, 6.07) is 25.8. The van der Waals surface area contributed by atoms with Gasteiger partial charge in [0.15, 0.2) is 0 Å². The third-order valence-corrected chi connectivity index (χ3v) is 6.28. The van der Waals surface area contributed by atoms with E-state index in [1.165, 1.54) is 0 Å². The predicted molar refractivity (Wildman–Crippen MR) is 127 cm³/mol. The van der Waals surface area contributed by atoms with Gasteiger partial charge in [0, 0.05) is 22.7 Å². The minimum Gasteiger partial charge on any atom is -0.489 e. The highest BCUT2D eigenvalue weighted by molar-refractivity contribution is 8.18. The smallest absolute Gasteiger partial charge is 0.290 e. The van der Waals surface area contributed by atoms with E-state index in [1.54, 1.807) is 0 Å². The van der Waals surface area contributed by atoms with Crippen LogP contribution in [0.25, 0.3) is 16.5 Å². The number of amides is 2. The first kappa shape index (κ1) is 20.2. The molecule has 32 heavy (non-hydrogen) atoms. The van der Waals surface area contributed by atoms with E-state index >= 15 is 0 Å². The van der Waals surface area contributed by atoms with Crippen molar-refractivity contribution in [3.63, 3.8) is 0 Å². The quantitative estimate of drug-likeness (QED) is 0.378. The molecular formula is C26H20N2O3S. The Morgan fingerprint density at radius 2 is 1.59 bits per heavy atom. The number of fused-ring (bicyclic) bond motifs is 1. The number of benzene rings is 3. The lowest BCUT2D eigenvalue weighted by atomic mass is 9.97. The van der Waals surface area contributed by atoms with Gasteiger partial charge >= 0.3 is 0 Å². The zero-order chi connectivity index (χ0) is 21.9. The fourth-order valence-electron chi connectivity index (χ4n) is 3.78. The Morgan fingerprint density at radius 3 is 2.34 bits per heavy atom. The number of aromatic nitrogens is 1. The third-order valence-electron chi connectivity index (χ3n) is 5.36. The molecule has 5 nitrogen and oxygen atoms in total. The van der Waals surface area contributed by atoms with E-state index in [2.05, 4.69) is 10.3 Å². The van der Waals surface area contributed by atoms with Crippen molar-refractivity contribution in [3.05, 3.63) is 107 Å². The van der Waals surface area contributed by atoms with Crippen molar-refractivity contribution in [2.75, 3.05) is 0 Å². The van der Waals surface area contributed by atoms with Crippen LogP contribution in [0, 0.1) is 0 Å². The minimum absolute atomic E-state index is 0.341. The molecule has 2 N–H and O–H groups in total. The number of ether oxygens (including phenoxy) is 1. The van der Waals surface area contributed by atoms with Crippen LogP contribution in [-0.2, 0) is 17.8 Å². The van der Waals surface area contributed by atoms with Crippen LogP contribution in [0.2, 0.25) is 0 Å². The molecule has 6 heteroatoms. The number of allylic oxidation sites excluding steroid dienone is 1. The summed E-state index contributed by atoms with van der Waals surface area (Å²) in [5.74, 6) is 0.435. The van der Waals surface area contributed by atoms with E-state index in [0.717, 1.165) is 50.7 Å². The fraction of sp³-hybridized carbons (Fsp3) is 0.0769. The summed E-state index contributed by atoms with van der Waals surface area (Å²) in [4.78, 5) is 28.1. The molecule has 0 saturated carbocycles. The Hall–Kier alpha value is -3.77. The maximum absolute atomic E-state index is 12.5. The number of thioether (sulfide) groups is 1. The van der Waals surface area contributed by atoms with Gasteiger partial charge < -0.3 is 9.72 Å². The molecule has 0 spiro atoms. The van der Waals surface area contributed by atoms with Gasteiger partial charge in [0.2, 0.25) is 0 Å². The first-order valence-corrected chi connectivity index (χ1v) is 11.1. The molecule has 0 unspecified atom stereocenters. The largest absolute Gasteiger partial charge is 0.489 e. The molecule has 0 atom stereocenters. The highest BCUT2D eigenvalue weighted by atomic mass is 32.2. The normalized spacial score (nSPS) is 15.1. The van der Waals surface area contributed by atoms with Crippen molar-refractivity contribution >= 4 is 39.4 Å². The molecule has 2 heterocycles. The van der Waals surface area contributed by atoms with Gasteiger partial charge in [0.1, 0.15) is 12.4 Å². The van der Waals surface area contributed by atoms with E-state index in [0.29, 0.717) is 17.9 Å². The molecule has 3 aromatic carbocycles. The first-order valence-electron chi connectivity index (χ1n) is 10.3. The fourth-order valence-corrected chi connectivity index (χ4v) is 4.56. The monoisotopic (exact) mass is 440 g/mol. The zero-order valence-electron chi connectivity index (χ0n) is 17.1. The third kappa shape index (κ3) is 4.18. The lowest BCUT2D eigenvalue weighted by Crippen LogP contribution is -2.18. The van der Waals surface area contributed by atoms with Crippen LogP contribution in [0.4, 0.5) is 4.79 Å². The van der Waals surface area contributed by atoms with E-state index in [4.69, 9.17) is 4.74 Å². The number of carbonyl (C=O) groups is 2. The molecule has 2 amide bonds. The molecule has 4 aromatic rings. The number of carbonyl (C=O) groups excluding carboxylic acids is 2. The molecule has 0 aliphatic carbocycles. The Balaban J connectivity index is 1.43. The molecule has 5 rings (SSSR count). The summed E-state index contributed by atoms with van der Waals surface area (Å²) in [6.45, 7) is 0.504. The topological polar surface area (TPSA) is 71.2 Å². The summed E-state index contributed by atoms with van der Waals surface area (Å²) in [7, 11) is 0. The predicted octanol–water partition coefficient (Wildman–Crippen LogP) is 5.68. The maximum atomic E-state index is 12.5. The number of aromatic amines is 1. The highest BCUT2D eigenvalue weighted by Gasteiger charge is 2.30. The van der Waals surface area contributed by atoms with Crippen molar-refractivity contribution in [3.8, 4) is 5.75 Å². The van der Waals surface area contributed by atoms with Gasteiger partial charge in [-0.05, 0) is 53.1 Å². The first-order chi connectivity index (χ1) is 15.7. The molecule has 0 radical (unpaired) electrons. The number of H-pyrrole nitrogens is 1. The van der Waals surface area contributed by atoms with Crippen LogP contribution >= 0.6 is 11.8 Å². The van der Waals surface area contributed by atoms with Gasteiger partial charge in [-0.15, -0.1) is 0 Å². The summed E-state index contributed by atoms with van der Waals surface area (Å²) in [5.41, 5.74) is 4.88. The average molecular weight is 441 g/mol. The van der Waals surface area contributed by atoms with Gasteiger partial charge in [-0.3, -0.25) is 14.9 Å². The van der Waals surface area contributed by atoms with E-state index in [-0.39, 0.29) is 11.1 Å². The minimum atomic E-state index is -0.344. The number of imide groups is 1. The van der Waals surface area contributed by atoms with Gasteiger partial charge in [0.25, 0.3) is 11.1 Å². The van der Waals surface area contributed by atoms with Crippen molar-refractivity contribution in [2.24, 2.45) is 0 Å². The number of hydrogen-bond acceptors (Lipinski definition) is 4. The standard InChI is InChI=1S/C26H20N2O3S/c29-25-24(32-26(30)28-25)21(22-15-27-23-9-5-4-8-20(22)23)14-17-10-12-19(13-11-17)31-16-18-6-2-1-3-7-18/h1-13,15,27H,14,16H2,(H,28,29,30). The number of rotatable bonds is 6.